The zero-order valence-electron chi connectivity index (χ0n) is 11.4. The Morgan fingerprint density at radius 3 is 2.58 bits per heavy atom. The van der Waals surface area contributed by atoms with Gasteiger partial charge in [-0.05, 0) is 42.9 Å². The lowest BCUT2D eigenvalue weighted by atomic mass is 9.86. The Balaban J connectivity index is 2.26. The van der Waals surface area contributed by atoms with Gasteiger partial charge in [0.1, 0.15) is 0 Å². The maximum atomic E-state index is 12.6. The highest BCUT2D eigenvalue weighted by Crippen LogP contribution is 2.29. The van der Waals surface area contributed by atoms with Crippen LogP contribution in [0.1, 0.15) is 30.4 Å². The molecule has 2 rings (SSSR count). The summed E-state index contributed by atoms with van der Waals surface area (Å²) in [5, 5.41) is 0. The Morgan fingerprint density at radius 1 is 1.37 bits per heavy atom. The summed E-state index contributed by atoms with van der Waals surface area (Å²) in [4.78, 5) is 0.382. The Labute approximate surface area is 120 Å². The third-order valence-electron chi connectivity index (χ3n) is 3.84. The molecule has 0 aromatic heterocycles. The summed E-state index contributed by atoms with van der Waals surface area (Å²) >= 11 is 5.79. The molecule has 1 aromatic rings. The number of nitrogens with zero attached hydrogens (tertiary/aromatic N) is 1. The van der Waals surface area contributed by atoms with Crippen LogP contribution in [-0.4, -0.2) is 26.3 Å². The van der Waals surface area contributed by atoms with Gasteiger partial charge in [0.05, 0.1) is 4.90 Å². The molecule has 3 nitrogen and oxygen atoms in total. The number of halogens is 1. The first kappa shape index (κ1) is 14.8. The summed E-state index contributed by atoms with van der Waals surface area (Å²) in [5.41, 5.74) is 1.61. The average Bonchev–Trinajstić information content (AvgIpc) is 2.33. The highest BCUT2D eigenvalue weighted by Gasteiger charge is 2.27. The van der Waals surface area contributed by atoms with Crippen molar-refractivity contribution >= 4 is 21.6 Å². The molecule has 19 heavy (non-hydrogen) atoms. The SMILES string of the molecule is Cc1ccc(CCl)cc1S(=O)(=O)N(C)CC1CCC1. The third kappa shape index (κ3) is 3.12. The number of benzene rings is 1. The predicted molar refractivity (Wildman–Crippen MR) is 77.9 cm³/mol. The van der Waals surface area contributed by atoms with E-state index >= 15 is 0 Å². The quantitative estimate of drug-likeness (QED) is 0.784. The molecule has 0 unspecified atom stereocenters. The summed E-state index contributed by atoms with van der Waals surface area (Å²) in [7, 11) is -1.73. The molecule has 0 N–H and O–H groups in total. The van der Waals surface area contributed by atoms with Crippen LogP contribution in [0.3, 0.4) is 0 Å². The monoisotopic (exact) mass is 301 g/mol. The van der Waals surface area contributed by atoms with E-state index in [0.717, 1.165) is 24.0 Å². The van der Waals surface area contributed by atoms with E-state index in [1.165, 1.54) is 10.7 Å². The number of sulfonamides is 1. The predicted octanol–water partition coefficient (Wildman–Crippen LogP) is 3.15. The second-order valence-corrected chi connectivity index (χ2v) is 7.60. The van der Waals surface area contributed by atoms with Crippen molar-refractivity contribution in [2.75, 3.05) is 13.6 Å². The van der Waals surface area contributed by atoms with Crippen LogP contribution in [0.4, 0.5) is 0 Å². The minimum atomic E-state index is -3.40. The summed E-state index contributed by atoms with van der Waals surface area (Å²) < 4.78 is 26.6. The minimum Gasteiger partial charge on any atom is -0.207 e. The highest BCUT2D eigenvalue weighted by atomic mass is 35.5. The molecule has 5 heteroatoms. The van der Waals surface area contributed by atoms with E-state index < -0.39 is 10.0 Å². The van der Waals surface area contributed by atoms with Gasteiger partial charge in [0.15, 0.2) is 0 Å². The number of hydrogen-bond donors (Lipinski definition) is 0. The summed E-state index contributed by atoms with van der Waals surface area (Å²) in [5.74, 6) is 0.853. The van der Waals surface area contributed by atoms with Gasteiger partial charge < -0.3 is 0 Å². The van der Waals surface area contributed by atoms with Crippen molar-refractivity contribution in [1.29, 1.82) is 0 Å². The first-order chi connectivity index (χ1) is 8.95. The number of alkyl halides is 1. The van der Waals surface area contributed by atoms with Gasteiger partial charge in [-0.25, -0.2) is 12.7 Å². The molecule has 1 fully saturated rings. The lowest BCUT2D eigenvalue weighted by molar-refractivity contribution is 0.263. The van der Waals surface area contributed by atoms with Gasteiger partial charge in [0.25, 0.3) is 0 Å². The summed E-state index contributed by atoms with van der Waals surface area (Å²) in [6.45, 7) is 2.44. The van der Waals surface area contributed by atoms with Gasteiger partial charge in [-0.2, -0.15) is 0 Å². The normalized spacial score (nSPS) is 16.6. The Hall–Kier alpha value is -0.580. The highest BCUT2D eigenvalue weighted by molar-refractivity contribution is 7.89. The molecule has 1 aromatic carbocycles. The lowest BCUT2D eigenvalue weighted by Crippen LogP contribution is -2.34. The first-order valence-electron chi connectivity index (χ1n) is 6.57. The van der Waals surface area contributed by atoms with Crippen molar-refractivity contribution in [2.45, 2.75) is 37.0 Å². The van der Waals surface area contributed by atoms with Gasteiger partial charge in [-0.3, -0.25) is 0 Å². The van der Waals surface area contributed by atoms with Crippen LogP contribution in [0, 0.1) is 12.8 Å². The Bertz CT molecular complexity index is 553. The van der Waals surface area contributed by atoms with Crippen LogP contribution in [-0.2, 0) is 15.9 Å². The fourth-order valence-electron chi connectivity index (χ4n) is 2.31. The second-order valence-electron chi connectivity index (χ2n) is 5.32. The topological polar surface area (TPSA) is 37.4 Å². The van der Waals surface area contributed by atoms with Crippen molar-refractivity contribution in [1.82, 2.24) is 4.31 Å². The second kappa shape index (κ2) is 5.81. The largest absolute Gasteiger partial charge is 0.243 e. The van der Waals surface area contributed by atoms with Gasteiger partial charge >= 0.3 is 0 Å². The van der Waals surface area contributed by atoms with Gasteiger partial charge in [0, 0.05) is 19.5 Å². The third-order valence-corrected chi connectivity index (χ3v) is 6.11. The standard InChI is InChI=1S/C14H20ClNO2S/c1-11-6-7-13(9-15)8-14(11)19(17,18)16(2)10-12-4-3-5-12/h6-8,12H,3-5,9-10H2,1-2H3. The molecule has 0 heterocycles. The van der Waals surface area contributed by atoms with Crippen molar-refractivity contribution < 1.29 is 8.42 Å². The molecule has 0 radical (unpaired) electrons. The fraction of sp³-hybridized carbons (Fsp3) is 0.571. The van der Waals surface area contributed by atoms with Gasteiger partial charge in [0.2, 0.25) is 10.0 Å². The first-order valence-corrected chi connectivity index (χ1v) is 8.54. The molecular formula is C14H20ClNO2S. The number of rotatable bonds is 5. The summed E-state index contributed by atoms with van der Waals surface area (Å²) in [6, 6.07) is 5.38. The molecule has 0 saturated heterocycles. The van der Waals surface area contributed by atoms with Gasteiger partial charge in [-0.15, -0.1) is 11.6 Å². The molecule has 1 saturated carbocycles. The Morgan fingerprint density at radius 2 is 2.05 bits per heavy atom. The number of aryl methyl sites for hydroxylation is 1. The maximum Gasteiger partial charge on any atom is 0.243 e. The van der Waals surface area contributed by atoms with Crippen LogP contribution >= 0.6 is 11.6 Å². The smallest absolute Gasteiger partial charge is 0.207 e. The van der Waals surface area contributed by atoms with Crippen LogP contribution in [0.5, 0.6) is 0 Å². The fourth-order valence-corrected chi connectivity index (χ4v) is 3.99. The Kier molecular flexibility index (Phi) is 4.54. The lowest BCUT2D eigenvalue weighted by Gasteiger charge is -2.30. The molecule has 1 aliphatic rings. The molecule has 106 valence electrons. The summed E-state index contributed by atoms with van der Waals surface area (Å²) in [6.07, 6.45) is 3.50. The van der Waals surface area contributed by atoms with E-state index in [2.05, 4.69) is 0 Å². The van der Waals surface area contributed by atoms with E-state index in [-0.39, 0.29) is 0 Å². The van der Waals surface area contributed by atoms with Crippen LogP contribution < -0.4 is 0 Å². The molecule has 0 aliphatic heterocycles. The molecule has 0 atom stereocenters. The average molecular weight is 302 g/mol. The zero-order valence-corrected chi connectivity index (χ0v) is 13.0. The van der Waals surface area contributed by atoms with Crippen LogP contribution in [0.25, 0.3) is 0 Å². The van der Waals surface area contributed by atoms with E-state index in [1.54, 1.807) is 13.1 Å². The van der Waals surface area contributed by atoms with E-state index in [9.17, 15) is 8.42 Å². The molecule has 0 bridgehead atoms. The van der Waals surface area contributed by atoms with E-state index in [4.69, 9.17) is 11.6 Å². The molecule has 0 spiro atoms. The van der Waals surface area contributed by atoms with Gasteiger partial charge in [-0.1, -0.05) is 18.6 Å². The molecule has 1 aliphatic carbocycles. The van der Waals surface area contributed by atoms with Crippen molar-refractivity contribution in [3.05, 3.63) is 29.3 Å². The van der Waals surface area contributed by atoms with Crippen molar-refractivity contribution in [3.63, 3.8) is 0 Å². The number of hydrogen-bond acceptors (Lipinski definition) is 2. The van der Waals surface area contributed by atoms with Crippen molar-refractivity contribution in [3.8, 4) is 0 Å². The maximum absolute atomic E-state index is 12.6. The van der Waals surface area contributed by atoms with E-state index in [1.807, 2.05) is 19.1 Å². The van der Waals surface area contributed by atoms with Crippen molar-refractivity contribution in [2.24, 2.45) is 5.92 Å². The molecule has 0 amide bonds. The molecular weight excluding hydrogens is 282 g/mol. The zero-order chi connectivity index (χ0) is 14.0. The van der Waals surface area contributed by atoms with Crippen LogP contribution in [0.2, 0.25) is 0 Å². The van der Waals surface area contributed by atoms with E-state index in [0.29, 0.717) is 23.2 Å². The minimum absolute atomic E-state index is 0.329. The van der Waals surface area contributed by atoms with Crippen LogP contribution in [0.15, 0.2) is 23.1 Å².